The molecule has 0 aromatic heterocycles. The molecule has 0 aromatic rings. The molecule has 0 bridgehead atoms. The maximum absolute atomic E-state index is 3.72. The van der Waals surface area contributed by atoms with Crippen molar-refractivity contribution in [1.29, 1.82) is 0 Å². The molecule has 1 rings (SSSR count). The minimum absolute atomic E-state index is 0.804. The maximum atomic E-state index is 3.72. The Labute approximate surface area is 96.0 Å². The number of rotatable bonds is 7. The lowest BCUT2D eigenvalue weighted by molar-refractivity contribution is 0.290. The molecule has 90 valence electrons. The van der Waals surface area contributed by atoms with Gasteiger partial charge in [-0.3, -0.25) is 0 Å². The molecule has 1 saturated carbocycles. The van der Waals surface area contributed by atoms with Gasteiger partial charge in [0.2, 0.25) is 0 Å². The smallest absolute Gasteiger partial charge is 0.00695 e. The number of hydrogen-bond acceptors (Lipinski definition) is 1. The van der Waals surface area contributed by atoms with Gasteiger partial charge in [-0.1, -0.05) is 52.4 Å². The van der Waals surface area contributed by atoms with Crippen LogP contribution in [0.2, 0.25) is 0 Å². The third kappa shape index (κ3) is 5.55. The third-order valence-electron chi connectivity index (χ3n) is 3.66. The van der Waals surface area contributed by atoms with Crippen LogP contribution >= 0.6 is 0 Å². The highest BCUT2D eigenvalue weighted by molar-refractivity contribution is 4.74. The molecule has 1 aliphatic rings. The van der Waals surface area contributed by atoms with Gasteiger partial charge >= 0.3 is 0 Å². The Morgan fingerprint density at radius 2 is 1.80 bits per heavy atom. The van der Waals surface area contributed by atoms with Crippen LogP contribution in [0.15, 0.2) is 0 Å². The largest absolute Gasteiger partial charge is 0.314 e. The molecular weight excluding hydrogens is 182 g/mol. The summed E-state index contributed by atoms with van der Waals surface area (Å²) in [5.74, 6) is 1.03. The summed E-state index contributed by atoms with van der Waals surface area (Å²) < 4.78 is 0. The Bertz CT molecular complexity index is 138. The first-order chi connectivity index (χ1) is 7.36. The second kappa shape index (κ2) is 8.15. The Hall–Kier alpha value is -0.0400. The fourth-order valence-corrected chi connectivity index (χ4v) is 2.83. The molecule has 0 amide bonds. The zero-order valence-corrected chi connectivity index (χ0v) is 10.7. The molecule has 15 heavy (non-hydrogen) atoms. The predicted octanol–water partition coefficient (Wildman–Crippen LogP) is 4.13. The van der Waals surface area contributed by atoms with E-state index in [1.165, 1.54) is 64.3 Å². The van der Waals surface area contributed by atoms with Gasteiger partial charge in [0.15, 0.2) is 0 Å². The second-order valence-corrected chi connectivity index (χ2v) is 5.18. The van der Waals surface area contributed by atoms with E-state index in [0.717, 1.165) is 12.0 Å². The van der Waals surface area contributed by atoms with Crippen LogP contribution in [0.25, 0.3) is 0 Å². The summed E-state index contributed by atoms with van der Waals surface area (Å²) in [4.78, 5) is 0. The Balaban J connectivity index is 2.21. The van der Waals surface area contributed by atoms with E-state index in [-0.39, 0.29) is 0 Å². The lowest BCUT2D eigenvalue weighted by Gasteiger charge is -2.27. The summed E-state index contributed by atoms with van der Waals surface area (Å²) in [5.41, 5.74) is 0. The summed E-state index contributed by atoms with van der Waals surface area (Å²) >= 11 is 0. The van der Waals surface area contributed by atoms with Crippen molar-refractivity contribution in [2.75, 3.05) is 6.54 Å². The van der Waals surface area contributed by atoms with Gasteiger partial charge in [0.05, 0.1) is 0 Å². The molecule has 1 N–H and O–H groups in total. The van der Waals surface area contributed by atoms with E-state index < -0.39 is 0 Å². The first-order valence-electron chi connectivity index (χ1n) is 7.10. The normalized spacial score (nSPS) is 20.4. The highest BCUT2D eigenvalue weighted by atomic mass is 14.9. The molecule has 0 spiro atoms. The van der Waals surface area contributed by atoms with Crippen molar-refractivity contribution in [1.82, 2.24) is 5.32 Å². The van der Waals surface area contributed by atoms with Crippen LogP contribution in [0.4, 0.5) is 0 Å². The van der Waals surface area contributed by atoms with Crippen molar-refractivity contribution in [2.45, 2.75) is 77.7 Å². The van der Waals surface area contributed by atoms with Gasteiger partial charge < -0.3 is 5.32 Å². The standard InChI is InChI=1S/C14H29N/c1-3-8-14(15-11-4-2)12-13-9-6-5-7-10-13/h13-15H,3-12H2,1-2H3. The monoisotopic (exact) mass is 211 g/mol. The van der Waals surface area contributed by atoms with Gasteiger partial charge in [0, 0.05) is 6.04 Å². The lowest BCUT2D eigenvalue weighted by atomic mass is 9.84. The minimum Gasteiger partial charge on any atom is -0.314 e. The molecule has 1 unspecified atom stereocenters. The van der Waals surface area contributed by atoms with E-state index in [4.69, 9.17) is 0 Å². The van der Waals surface area contributed by atoms with E-state index >= 15 is 0 Å². The lowest BCUT2D eigenvalue weighted by Crippen LogP contribution is -2.32. The quantitative estimate of drug-likeness (QED) is 0.668. The van der Waals surface area contributed by atoms with Crippen molar-refractivity contribution in [3.05, 3.63) is 0 Å². The van der Waals surface area contributed by atoms with Crippen LogP contribution in [-0.2, 0) is 0 Å². The summed E-state index contributed by atoms with van der Waals surface area (Å²) in [6.45, 7) is 5.77. The Morgan fingerprint density at radius 3 is 2.40 bits per heavy atom. The van der Waals surface area contributed by atoms with Crippen LogP contribution in [0, 0.1) is 5.92 Å². The van der Waals surface area contributed by atoms with Gasteiger partial charge in [0.25, 0.3) is 0 Å². The molecule has 1 heteroatoms. The maximum Gasteiger partial charge on any atom is 0.00695 e. The highest BCUT2D eigenvalue weighted by Gasteiger charge is 2.17. The highest BCUT2D eigenvalue weighted by Crippen LogP contribution is 2.28. The molecule has 0 aliphatic heterocycles. The van der Waals surface area contributed by atoms with Crippen molar-refractivity contribution in [3.63, 3.8) is 0 Å². The molecule has 0 saturated heterocycles. The van der Waals surface area contributed by atoms with Crippen LogP contribution in [0.3, 0.4) is 0 Å². The van der Waals surface area contributed by atoms with Crippen LogP contribution in [0.5, 0.6) is 0 Å². The van der Waals surface area contributed by atoms with Gasteiger partial charge in [-0.05, 0) is 31.7 Å². The minimum atomic E-state index is 0.804. The van der Waals surface area contributed by atoms with Gasteiger partial charge in [-0.2, -0.15) is 0 Å². The number of hydrogen-bond donors (Lipinski definition) is 1. The van der Waals surface area contributed by atoms with Crippen molar-refractivity contribution >= 4 is 0 Å². The predicted molar refractivity (Wildman–Crippen MR) is 68.2 cm³/mol. The van der Waals surface area contributed by atoms with E-state index in [2.05, 4.69) is 19.2 Å². The Morgan fingerprint density at radius 1 is 1.07 bits per heavy atom. The fourth-order valence-electron chi connectivity index (χ4n) is 2.83. The summed E-state index contributed by atoms with van der Waals surface area (Å²) in [7, 11) is 0. The molecule has 0 radical (unpaired) electrons. The molecule has 1 nitrogen and oxygen atoms in total. The van der Waals surface area contributed by atoms with Crippen molar-refractivity contribution in [2.24, 2.45) is 5.92 Å². The van der Waals surface area contributed by atoms with Crippen molar-refractivity contribution < 1.29 is 0 Å². The fraction of sp³-hybridized carbons (Fsp3) is 1.00. The average Bonchev–Trinajstić information content (AvgIpc) is 2.28. The summed E-state index contributed by atoms with van der Waals surface area (Å²) in [5, 5.41) is 3.72. The van der Waals surface area contributed by atoms with Crippen LogP contribution < -0.4 is 5.32 Å². The van der Waals surface area contributed by atoms with Crippen LogP contribution in [0.1, 0.15) is 71.6 Å². The van der Waals surface area contributed by atoms with Crippen molar-refractivity contribution in [3.8, 4) is 0 Å². The van der Waals surface area contributed by atoms with Gasteiger partial charge in [0.1, 0.15) is 0 Å². The second-order valence-electron chi connectivity index (χ2n) is 5.18. The first-order valence-corrected chi connectivity index (χ1v) is 7.10. The molecule has 1 aliphatic carbocycles. The SMILES string of the molecule is CCCNC(CCC)CC1CCCCC1. The van der Waals surface area contributed by atoms with Gasteiger partial charge in [-0.25, -0.2) is 0 Å². The zero-order chi connectivity index (χ0) is 10.9. The molecule has 1 atom stereocenters. The van der Waals surface area contributed by atoms with E-state index in [0.29, 0.717) is 0 Å². The molecule has 0 aromatic carbocycles. The van der Waals surface area contributed by atoms with E-state index in [9.17, 15) is 0 Å². The third-order valence-corrected chi connectivity index (χ3v) is 3.66. The topological polar surface area (TPSA) is 12.0 Å². The number of nitrogens with one attached hydrogen (secondary N) is 1. The Kier molecular flexibility index (Phi) is 7.08. The van der Waals surface area contributed by atoms with E-state index in [1.54, 1.807) is 0 Å². The van der Waals surface area contributed by atoms with Crippen LogP contribution in [-0.4, -0.2) is 12.6 Å². The van der Waals surface area contributed by atoms with Gasteiger partial charge in [-0.15, -0.1) is 0 Å². The first kappa shape index (κ1) is 13.0. The average molecular weight is 211 g/mol. The summed E-state index contributed by atoms with van der Waals surface area (Å²) in [6.07, 6.45) is 12.8. The molecular formula is C14H29N. The van der Waals surface area contributed by atoms with E-state index in [1.807, 2.05) is 0 Å². The molecule has 1 fully saturated rings. The summed E-state index contributed by atoms with van der Waals surface area (Å²) in [6, 6.07) is 0.804. The molecule has 0 heterocycles. The zero-order valence-electron chi connectivity index (χ0n) is 10.7.